The van der Waals surface area contributed by atoms with Gasteiger partial charge in [-0.15, -0.1) is 0 Å². The van der Waals surface area contributed by atoms with Gasteiger partial charge in [0.1, 0.15) is 0 Å². The predicted octanol–water partition coefficient (Wildman–Crippen LogP) is 1.88. The fourth-order valence-corrected chi connectivity index (χ4v) is 2.97. The quantitative estimate of drug-likeness (QED) is 0.639. The number of hydrogen-bond donors (Lipinski definition) is 3. The maximum Gasteiger partial charge on any atom is 0.308 e. The number of carboxylic acid groups (broad SMARTS) is 1. The predicted molar refractivity (Wildman–Crippen MR) is 83.0 cm³/mol. The van der Waals surface area contributed by atoms with E-state index >= 15 is 0 Å². The molecule has 1 fully saturated rings. The van der Waals surface area contributed by atoms with Crippen LogP contribution in [0.15, 0.2) is 0 Å². The summed E-state index contributed by atoms with van der Waals surface area (Å²) < 4.78 is 0. The van der Waals surface area contributed by atoms with Gasteiger partial charge in [0.25, 0.3) is 0 Å². The molecule has 0 saturated carbocycles. The highest BCUT2D eigenvalue weighted by Gasteiger charge is 2.23. The zero-order valence-electron chi connectivity index (χ0n) is 13.5. The Labute approximate surface area is 127 Å². The summed E-state index contributed by atoms with van der Waals surface area (Å²) in [6.45, 7) is 8.40. The van der Waals surface area contributed by atoms with Crippen molar-refractivity contribution in [3.63, 3.8) is 0 Å². The molecule has 0 radical (unpaired) electrons. The van der Waals surface area contributed by atoms with Gasteiger partial charge in [-0.2, -0.15) is 0 Å². The van der Waals surface area contributed by atoms with Crippen molar-refractivity contribution in [1.29, 1.82) is 0 Å². The van der Waals surface area contributed by atoms with Gasteiger partial charge in [-0.05, 0) is 50.1 Å². The summed E-state index contributed by atoms with van der Waals surface area (Å²) in [7, 11) is 0. The highest BCUT2D eigenvalue weighted by molar-refractivity contribution is 5.77. The summed E-state index contributed by atoms with van der Waals surface area (Å²) in [5.74, 6) is -0.130. The minimum absolute atomic E-state index is 0.0249. The summed E-state index contributed by atoms with van der Waals surface area (Å²) in [6.07, 6.45) is 3.43. The Hall–Kier alpha value is -1.10. The van der Waals surface area contributed by atoms with Crippen molar-refractivity contribution < 1.29 is 14.7 Å². The van der Waals surface area contributed by atoms with Gasteiger partial charge >= 0.3 is 5.97 Å². The van der Waals surface area contributed by atoms with Gasteiger partial charge in [0.2, 0.25) is 5.91 Å². The van der Waals surface area contributed by atoms with Gasteiger partial charge in [0, 0.05) is 13.0 Å². The third-order valence-electron chi connectivity index (χ3n) is 4.30. The molecule has 122 valence electrons. The lowest BCUT2D eigenvalue weighted by Gasteiger charge is -2.28. The topological polar surface area (TPSA) is 78.4 Å². The number of carboxylic acids is 1. The fourth-order valence-electron chi connectivity index (χ4n) is 2.97. The second-order valence-corrected chi connectivity index (χ2v) is 6.76. The molecule has 1 heterocycles. The van der Waals surface area contributed by atoms with E-state index in [0.717, 1.165) is 13.1 Å². The first-order chi connectivity index (χ1) is 9.90. The number of carbonyl (C=O) groups excluding carboxylic acids is 1. The van der Waals surface area contributed by atoms with Crippen molar-refractivity contribution in [3.8, 4) is 0 Å². The monoisotopic (exact) mass is 298 g/mol. The number of aliphatic carboxylic acids is 1. The molecule has 1 saturated heterocycles. The fraction of sp³-hybridized carbons (Fsp3) is 0.875. The third-order valence-corrected chi connectivity index (χ3v) is 4.30. The number of amides is 1. The second kappa shape index (κ2) is 9.03. The molecule has 0 aromatic heterocycles. The van der Waals surface area contributed by atoms with E-state index < -0.39 is 11.9 Å². The Kier molecular flexibility index (Phi) is 7.72. The van der Waals surface area contributed by atoms with E-state index in [1.54, 1.807) is 0 Å². The van der Waals surface area contributed by atoms with E-state index in [2.05, 4.69) is 17.6 Å². The van der Waals surface area contributed by atoms with Crippen LogP contribution in [0.4, 0.5) is 0 Å². The number of nitrogens with one attached hydrogen (secondary N) is 2. The molecule has 1 amide bonds. The summed E-state index contributed by atoms with van der Waals surface area (Å²) in [5.41, 5.74) is 0. The molecule has 3 N–H and O–H groups in total. The summed E-state index contributed by atoms with van der Waals surface area (Å²) in [6, 6.07) is 0. The van der Waals surface area contributed by atoms with Gasteiger partial charge in [-0.25, -0.2) is 0 Å². The minimum Gasteiger partial charge on any atom is -0.481 e. The lowest BCUT2D eigenvalue weighted by molar-refractivity contribution is -0.142. The van der Waals surface area contributed by atoms with Gasteiger partial charge in [-0.1, -0.05) is 20.8 Å². The minimum atomic E-state index is -0.825. The Morgan fingerprint density at radius 2 is 2.05 bits per heavy atom. The Balaban J connectivity index is 2.32. The molecule has 0 aromatic carbocycles. The molecule has 5 heteroatoms. The van der Waals surface area contributed by atoms with Crippen LogP contribution in [0, 0.1) is 23.7 Å². The Morgan fingerprint density at radius 3 is 2.57 bits per heavy atom. The van der Waals surface area contributed by atoms with Gasteiger partial charge < -0.3 is 15.7 Å². The first kappa shape index (κ1) is 18.0. The lowest BCUT2D eigenvalue weighted by atomic mass is 9.85. The zero-order valence-corrected chi connectivity index (χ0v) is 13.5. The van der Waals surface area contributed by atoms with Crippen molar-refractivity contribution in [2.45, 2.75) is 46.5 Å². The maximum atomic E-state index is 12.0. The molecule has 0 spiro atoms. The third kappa shape index (κ3) is 6.93. The molecule has 1 rings (SSSR count). The molecule has 5 nitrogen and oxygen atoms in total. The number of rotatable bonds is 8. The van der Waals surface area contributed by atoms with Crippen molar-refractivity contribution in [2.24, 2.45) is 23.7 Å². The van der Waals surface area contributed by atoms with Crippen LogP contribution in [-0.2, 0) is 9.59 Å². The van der Waals surface area contributed by atoms with Crippen LogP contribution < -0.4 is 10.6 Å². The van der Waals surface area contributed by atoms with Crippen LogP contribution in [0.5, 0.6) is 0 Å². The highest BCUT2D eigenvalue weighted by Crippen LogP contribution is 2.22. The molecule has 1 aliphatic rings. The molecule has 0 bridgehead atoms. The SMILES string of the molecule is CC(C)CC(CNC(=O)CC(C)C1CCCNC1)C(=O)O. The smallest absolute Gasteiger partial charge is 0.308 e. The first-order valence-corrected chi connectivity index (χ1v) is 8.10. The van der Waals surface area contributed by atoms with Crippen molar-refractivity contribution in [2.75, 3.05) is 19.6 Å². The van der Waals surface area contributed by atoms with Crippen molar-refractivity contribution in [3.05, 3.63) is 0 Å². The number of hydrogen-bond acceptors (Lipinski definition) is 3. The van der Waals surface area contributed by atoms with E-state index in [1.165, 1.54) is 12.8 Å². The second-order valence-electron chi connectivity index (χ2n) is 6.76. The zero-order chi connectivity index (χ0) is 15.8. The van der Waals surface area contributed by atoms with E-state index in [-0.39, 0.29) is 12.5 Å². The largest absolute Gasteiger partial charge is 0.481 e. The molecule has 0 aliphatic carbocycles. The van der Waals surface area contributed by atoms with E-state index in [0.29, 0.717) is 30.6 Å². The average Bonchev–Trinajstić information content (AvgIpc) is 2.43. The average molecular weight is 298 g/mol. The summed E-state index contributed by atoms with van der Waals surface area (Å²) in [4.78, 5) is 23.1. The Bertz CT molecular complexity index is 338. The number of piperidine rings is 1. The molecule has 21 heavy (non-hydrogen) atoms. The highest BCUT2D eigenvalue weighted by atomic mass is 16.4. The van der Waals surface area contributed by atoms with Crippen LogP contribution in [-0.4, -0.2) is 36.6 Å². The first-order valence-electron chi connectivity index (χ1n) is 8.10. The molecular formula is C16H30N2O3. The number of carbonyl (C=O) groups is 2. The molecular weight excluding hydrogens is 268 g/mol. The van der Waals surface area contributed by atoms with E-state index in [1.807, 2.05) is 13.8 Å². The molecule has 1 aliphatic heterocycles. The Morgan fingerprint density at radius 1 is 1.33 bits per heavy atom. The van der Waals surface area contributed by atoms with Gasteiger partial charge in [0.15, 0.2) is 0 Å². The molecule has 0 aromatic rings. The molecule has 3 unspecified atom stereocenters. The van der Waals surface area contributed by atoms with Gasteiger partial charge in [0.05, 0.1) is 5.92 Å². The summed E-state index contributed by atoms with van der Waals surface area (Å²) >= 11 is 0. The van der Waals surface area contributed by atoms with Crippen LogP contribution in [0.2, 0.25) is 0 Å². The van der Waals surface area contributed by atoms with Gasteiger partial charge in [-0.3, -0.25) is 9.59 Å². The van der Waals surface area contributed by atoms with Crippen molar-refractivity contribution in [1.82, 2.24) is 10.6 Å². The summed E-state index contributed by atoms with van der Waals surface area (Å²) in [5, 5.41) is 15.3. The molecule has 3 atom stereocenters. The van der Waals surface area contributed by atoms with E-state index in [9.17, 15) is 9.59 Å². The van der Waals surface area contributed by atoms with Crippen LogP contribution >= 0.6 is 0 Å². The van der Waals surface area contributed by atoms with Crippen LogP contribution in [0.3, 0.4) is 0 Å². The standard InChI is InChI=1S/C16H30N2O3/c1-11(2)7-14(16(20)21)10-18-15(19)8-12(3)13-5-4-6-17-9-13/h11-14,17H,4-10H2,1-3H3,(H,18,19)(H,20,21). The lowest BCUT2D eigenvalue weighted by Crippen LogP contribution is -2.37. The van der Waals surface area contributed by atoms with Crippen LogP contribution in [0.25, 0.3) is 0 Å². The van der Waals surface area contributed by atoms with Crippen LogP contribution in [0.1, 0.15) is 46.5 Å². The maximum absolute atomic E-state index is 12.0. The normalized spacial score (nSPS) is 21.8. The van der Waals surface area contributed by atoms with E-state index in [4.69, 9.17) is 5.11 Å². The van der Waals surface area contributed by atoms with Crippen molar-refractivity contribution >= 4 is 11.9 Å².